The normalized spacial score (nSPS) is 11.1. The van der Waals surface area contributed by atoms with Crippen LogP contribution in [-0.4, -0.2) is 18.8 Å². The van der Waals surface area contributed by atoms with Gasteiger partial charge in [0.15, 0.2) is 0 Å². The van der Waals surface area contributed by atoms with Crippen LogP contribution in [0, 0.1) is 0 Å². The Labute approximate surface area is 110 Å². The van der Waals surface area contributed by atoms with Crippen molar-refractivity contribution >= 4 is 0 Å². The van der Waals surface area contributed by atoms with E-state index in [1.807, 2.05) is 39.8 Å². The van der Waals surface area contributed by atoms with E-state index in [9.17, 15) is 0 Å². The molecule has 1 aromatic rings. The molecule has 0 bridgehead atoms. The third-order valence-corrected chi connectivity index (χ3v) is 2.42. The highest BCUT2D eigenvalue weighted by atomic mass is 16.5. The summed E-state index contributed by atoms with van der Waals surface area (Å²) in [7, 11) is 0. The highest BCUT2D eigenvalue weighted by molar-refractivity contribution is 5.40. The molecule has 0 fully saturated rings. The Balaban J connectivity index is 2.88. The van der Waals surface area contributed by atoms with Gasteiger partial charge in [-0.15, -0.1) is 0 Å². The summed E-state index contributed by atoms with van der Waals surface area (Å²) >= 11 is 0. The molecule has 0 amide bonds. The van der Waals surface area contributed by atoms with Gasteiger partial charge in [-0.1, -0.05) is 0 Å². The monoisotopic (exact) mass is 251 g/mol. The quantitative estimate of drug-likeness (QED) is 0.809. The van der Waals surface area contributed by atoms with Gasteiger partial charge in [0.25, 0.3) is 0 Å². The van der Waals surface area contributed by atoms with Crippen LogP contribution >= 0.6 is 0 Å². The zero-order valence-corrected chi connectivity index (χ0v) is 11.9. The number of rotatable bonds is 7. The first-order valence-electron chi connectivity index (χ1n) is 6.69. The van der Waals surface area contributed by atoms with Crippen LogP contribution in [0.15, 0.2) is 18.2 Å². The van der Waals surface area contributed by atoms with Gasteiger partial charge in [-0.05, 0) is 70.8 Å². The van der Waals surface area contributed by atoms with Crippen LogP contribution in [0.4, 0.5) is 0 Å². The van der Waals surface area contributed by atoms with Gasteiger partial charge in [-0.2, -0.15) is 0 Å². The number of benzene rings is 1. The van der Waals surface area contributed by atoms with E-state index in [4.69, 9.17) is 15.2 Å². The third kappa shape index (κ3) is 4.96. The van der Waals surface area contributed by atoms with Gasteiger partial charge in [-0.25, -0.2) is 0 Å². The molecule has 0 saturated carbocycles. The van der Waals surface area contributed by atoms with Crippen molar-refractivity contribution in [1.29, 1.82) is 0 Å². The van der Waals surface area contributed by atoms with Crippen LogP contribution in [0.5, 0.6) is 11.5 Å². The van der Waals surface area contributed by atoms with Gasteiger partial charge < -0.3 is 15.2 Å². The number of hydrogen-bond donors (Lipinski definition) is 1. The van der Waals surface area contributed by atoms with Gasteiger partial charge >= 0.3 is 0 Å². The molecule has 0 aliphatic heterocycles. The van der Waals surface area contributed by atoms with Crippen molar-refractivity contribution in [3.05, 3.63) is 23.8 Å². The largest absolute Gasteiger partial charge is 0.491 e. The first kappa shape index (κ1) is 14.8. The standard InChI is InChI=1S/C15H25NO2/c1-11(2)17-14-7-8-15(18-12(3)4)13(10-14)6-5-9-16/h7-8,10-12H,5-6,9,16H2,1-4H3. The summed E-state index contributed by atoms with van der Waals surface area (Å²) in [5, 5.41) is 0. The van der Waals surface area contributed by atoms with Crippen molar-refractivity contribution in [3.8, 4) is 11.5 Å². The molecule has 18 heavy (non-hydrogen) atoms. The minimum Gasteiger partial charge on any atom is -0.491 e. The highest BCUT2D eigenvalue weighted by Crippen LogP contribution is 2.27. The lowest BCUT2D eigenvalue weighted by molar-refractivity contribution is 0.232. The topological polar surface area (TPSA) is 44.5 Å². The lowest BCUT2D eigenvalue weighted by Crippen LogP contribution is -2.10. The van der Waals surface area contributed by atoms with Crippen molar-refractivity contribution in [3.63, 3.8) is 0 Å². The van der Waals surface area contributed by atoms with E-state index in [0.29, 0.717) is 6.54 Å². The molecule has 0 aromatic heterocycles. The Bertz CT molecular complexity index is 362. The molecule has 1 aromatic carbocycles. The molecule has 3 heteroatoms. The molecule has 102 valence electrons. The first-order chi connectivity index (χ1) is 8.52. The third-order valence-electron chi connectivity index (χ3n) is 2.42. The van der Waals surface area contributed by atoms with Crippen molar-refractivity contribution in [2.24, 2.45) is 5.73 Å². The lowest BCUT2D eigenvalue weighted by Gasteiger charge is -2.17. The Hall–Kier alpha value is -1.22. The number of ether oxygens (including phenoxy) is 2. The summed E-state index contributed by atoms with van der Waals surface area (Å²) in [5.41, 5.74) is 6.75. The van der Waals surface area contributed by atoms with Crippen molar-refractivity contribution in [2.75, 3.05) is 6.54 Å². The fraction of sp³-hybridized carbons (Fsp3) is 0.600. The maximum absolute atomic E-state index is 5.81. The zero-order chi connectivity index (χ0) is 13.5. The van der Waals surface area contributed by atoms with E-state index in [0.717, 1.165) is 24.3 Å². The van der Waals surface area contributed by atoms with Crippen molar-refractivity contribution in [1.82, 2.24) is 0 Å². The average molecular weight is 251 g/mol. The van der Waals surface area contributed by atoms with Gasteiger partial charge in [0.2, 0.25) is 0 Å². The molecule has 0 aliphatic carbocycles. The zero-order valence-electron chi connectivity index (χ0n) is 11.9. The molecular weight excluding hydrogens is 226 g/mol. The number of hydrogen-bond acceptors (Lipinski definition) is 3. The van der Waals surface area contributed by atoms with Crippen LogP contribution in [-0.2, 0) is 6.42 Å². The summed E-state index contributed by atoms with van der Waals surface area (Å²) in [6.45, 7) is 8.81. The SMILES string of the molecule is CC(C)Oc1ccc(OC(C)C)c(CCCN)c1. The molecule has 0 atom stereocenters. The van der Waals surface area contributed by atoms with Crippen LogP contribution in [0.1, 0.15) is 39.7 Å². The first-order valence-corrected chi connectivity index (χ1v) is 6.69. The van der Waals surface area contributed by atoms with Gasteiger partial charge in [0, 0.05) is 0 Å². The maximum Gasteiger partial charge on any atom is 0.123 e. The van der Waals surface area contributed by atoms with E-state index in [1.165, 1.54) is 5.56 Å². The molecule has 0 unspecified atom stereocenters. The summed E-state index contributed by atoms with van der Waals surface area (Å²) in [5.74, 6) is 1.84. The molecule has 0 aliphatic rings. The number of nitrogens with two attached hydrogens (primary N) is 1. The van der Waals surface area contributed by atoms with E-state index in [2.05, 4.69) is 6.07 Å². The molecule has 0 saturated heterocycles. The fourth-order valence-electron chi connectivity index (χ4n) is 1.76. The predicted octanol–water partition coefficient (Wildman–Crippen LogP) is 3.15. The summed E-state index contributed by atoms with van der Waals surface area (Å²) < 4.78 is 11.5. The van der Waals surface area contributed by atoms with E-state index in [-0.39, 0.29) is 12.2 Å². The van der Waals surface area contributed by atoms with Gasteiger partial charge in [0.1, 0.15) is 11.5 Å². The summed E-state index contributed by atoms with van der Waals surface area (Å²) in [6, 6.07) is 6.01. The molecule has 0 radical (unpaired) electrons. The predicted molar refractivity (Wildman–Crippen MR) is 75.3 cm³/mol. The summed E-state index contributed by atoms with van der Waals surface area (Å²) in [4.78, 5) is 0. The Kier molecular flexibility index (Phi) is 5.99. The Morgan fingerprint density at radius 1 is 1.06 bits per heavy atom. The van der Waals surface area contributed by atoms with Crippen LogP contribution in [0.25, 0.3) is 0 Å². The summed E-state index contributed by atoms with van der Waals surface area (Å²) in [6.07, 6.45) is 2.25. The molecular formula is C15H25NO2. The van der Waals surface area contributed by atoms with E-state index >= 15 is 0 Å². The molecule has 3 nitrogen and oxygen atoms in total. The minimum atomic E-state index is 0.179. The second-order valence-corrected chi connectivity index (χ2v) is 4.99. The van der Waals surface area contributed by atoms with Gasteiger partial charge in [-0.3, -0.25) is 0 Å². The van der Waals surface area contributed by atoms with Crippen LogP contribution in [0.2, 0.25) is 0 Å². The highest BCUT2D eigenvalue weighted by Gasteiger charge is 2.08. The minimum absolute atomic E-state index is 0.179. The van der Waals surface area contributed by atoms with E-state index < -0.39 is 0 Å². The molecule has 0 heterocycles. The second-order valence-electron chi connectivity index (χ2n) is 4.99. The molecule has 2 N–H and O–H groups in total. The smallest absolute Gasteiger partial charge is 0.123 e. The van der Waals surface area contributed by atoms with Crippen molar-refractivity contribution < 1.29 is 9.47 Å². The fourth-order valence-corrected chi connectivity index (χ4v) is 1.76. The second kappa shape index (κ2) is 7.27. The van der Waals surface area contributed by atoms with Gasteiger partial charge in [0.05, 0.1) is 12.2 Å². The number of aryl methyl sites for hydroxylation is 1. The Morgan fingerprint density at radius 2 is 1.72 bits per heavy atom. The van der Waals surface area contributed by atoms with Crippen LogP contribution in [0.3, 0.4) is 0 Å². The lowest BCUT2D eigenvalue weighted by atomic mass is 10.1. The average Bonchev–Trinajstić information content (AvgIpc) is 2.27. The maximum atomic E-state index is 5.81. The van der Waals surface area contributed by atoms with Crippen LogP contribution < -0.4 is 15.2 Å². The Morgan fingerprint density at radius 3 is 2.28 bits per heavy atom. The van der Waals surface area contributed by atoms with Crippen molar-refractivity contribution in [2.45, 2.75) is 52.7 Å². The molecule has 1 rings (SSSR count). The molecule has 0 spiro atoms. The van der Waals surface area contributed by atoms with E-state index in [1.54, 1.807) is 0 Å².